The average molecular weight is 515 g/mol. The zero-order chi connectivity index (χ0) is 26.3. The molecule has 1 aromatic rings. The summed E-state index contributed by atoms with van der Waals surface area (Å²) < 4.78 is 34.1. The van der Waals surface area contributed by atoms with Gasteiger partial charge in [-0.1, -0.05) is 6.07 Å². The molecule has 2 aliphatic carbocycles. The number of fused-ring (bicyclic) bond motifs is 2. The molecule has 9 nitrogen and oxygen atoms in total. The van der Waals surface area contributed by atoms with Crippen LogP contribution in [0.15, 0.2) is 18.3 Å². The molecule has 1 atom stereocenters. The first-order chi connectivity index (χ1) is 16.9. The van der Waals surface area contributed by atoms with E-state index < -0.39 is 27.4 Å². The molecule has 194 valence electrons. The number of aryl methyl sites for hydroxylation is 2. The van der Waals surface area contributed by atoms with Gasteiger partial charge >= 0.3 is 16.3 Å². The maximum atomic E-state index is 13.6. The molecule has 0 spiro atoms. The second kappa shape index (κ2) is 9.43. The Hall–Kier alpha value is -3.06. The van der Waals surface area contributed by atoms with Gasteiger partial charge in [0.1, 0.15) is 5.60 Å². The van der Waals surface area contributed by atoms with Gasteiger partial charge in [0, 0.05) is 12.7 Å². The number of amides is 2. The maximum absolute atomic E-state index is 13.6. The fourth-order valence-electron chi connectivity index (χ4n) is 5.54. The van der Waals surface area contributed by atoms with Crippen molar-refractivity contribution in [1.82, 2.24) is 9.21 Å². The molecular formula is C26H34N4O5S. The lowest BCUT2D eigenvalue weighted by atomic mass is 9.99. The zero-order valence-corrected chi connectivity index (χ0v) is 22.2. The Morgan fingerprint density at radius 1 is 1.14 bits per heavy atom. The van der Waals surface area contributed by atoms with Crippen LogP contribution in [0.5, 0.6) is 0 Å². The number of anilines is 1. The second-order valence-electron chi connectivity index (χ2n) is 10.9. The first-order valence-electron chi connectivity index (χ1n) is 12.5. The summed E-state index contributed by atoms with van der Waals surface area (Å²) in [6, 6.07) is 2.15. The highest BCUT2D eigenvalue weighted by Crippen LogP contribution is 2.41. The van der Waals surface area contributed by atoms with Crippen LogP contribution in [-0.4, -0.2) is 47.8 Å². The van der Waals surface area contributed by atoms with Gasteiger partial charge in [-0.2, -0.15) is 22.3 Å². The monoisotopic (exact) mass is 514 g/mol. The maximum Gasteiger partial charge on any atom is 0.410 e. The molecule has 0 aromatic heterocycles. The van der Waals surface area contributed by atoms with Crippen molar-refractivity contribution in [2.24, 2.45) is 0 Å². The van der Waals surface area contributed by atoms with Crippen LogP contribution in [0.3, 0.4) is 0 Å². The summed E-state index contributed by atoms with van der Waals surface area (Å²) >= 11 is 0. The lowest BCUT2D eigenvalue weighted by molar-refractivity contribution is -0.106. The molecule has 10 heteroatoms. The smallest absolute Gasteiger partial charge is 0.410 e. The molecule has 36 heavy (non-hydrogen) atoms. The molecular weight excluding hydrogens is 480 g/mol. The highest BCUT2D eigenvalue weighted by Gasteiger charge is 2.41. The SMILES string of the molecule is CC(C)(C)OC(=O)N1CCC[C@]1(C)/C=C/N(C#N)S(=O)(=O)N(C=O)c1c2c(cc3c1CCC3)CCC2. The number of rotatable bonds is 6. The zero-order valence-electron chi connectivity index (χ0n) is 21.4. The predicted octanol–water partition coefficient (Wildman–Crippen LogP) is 3.96. The highest BCUT2D eigenvalue weighted by atomic mass is 32.2. The summed E-state index contributed by atoms with van der Waals surface area (Å²) in [5.41, 5.74) is 2.83. The number of carbonyl (C=O) groups excluding carboxylic acids is 2. The molecule has 1 saturated heterocycles. The molecule has 0 bridgehead atoms. The molecule has 0 saturated carbocycles. The van der Waals surface area contributed by atoms with Gasteiger partial charge in [0.25, 0.3) is 0 Å². The number of likely N-dealkylation sites (tertiary alicyclic amines) is 1. The fourth-order valence-corrected chi connectivity index (χ4v) is 6.60. The lowest BCUT2D eigenvalue weighted by Crippen LogP contribution is -2.46. The lowest BCUT2D eigenvalue weighted by Gasteiger charge is -2.34. The predicted molar refractivity (Wildman–Crippen MR) is 135 cm³/mol. The summed E-state index contributed by atoms with van der Waals surface area (Å²) in [5.74, 6) is 0. The van der Waals surface area contributed by atoms with E-state index >= 15 is 0 Å². The van der Waals surface area contributed by atoms with Crippen LogP contribution in [0.1, 0.15) is 75.6 Å². The molecule has 1 fully saturated rings. The van der Waals surface area contributed by atoms with Crippen LogP contribution in [0.2, 0.25) is 0 Å². The van der Waals surface area contributed by atoms with Crippen LogP contribution < -0.4 is 4.31 Å². The number of nitriles is 1. The third-order valence-corrected chi connectivity index (χ3v) is 8.68. The van der Waals surface area contributed by atoms with Crippen LogP contribution >= 0.6 is 0 Å². The molecule has 0 unspecified atom stereocenters. The van der Waals surface area contributed by atoms with Crippen molar-refractivity contribution in [3.63, 3.8) is 0 Å². The van der Waals surface area contributed by atoms with E-state index in [-0.39, 0.29) is 0 Å². The van der Waals surface area contributed by atoms with E-state index in [4.69, 9.17) is 4.74 Å². The molecule has 1 aliphatic heterocycles. The minimum absolute atomic E-state index is 0.296. The molecule has 1 aromatic carbocycles. The summed E-state index contributed by atoms with van der Waals surface area (Å²) in [6.07, 6.45) is 10.4. The van der Waals surface area contributed by atoms with Crippen molar-refractivity contribution < 1.29 is 22.7 Å². The van der Waals surface area contributed by atoms with Crippen LogP contribution in [0.4, 0.5) is 10.5 Å². The number of ether oxygens (including phenoxy) is 1. The van der Waals surface area contributed by atoms with Crippen LogP contribution in [-0.2, 0) is 45.4 Å². The summed E-state index contributed by atoms with van der Waals surface area (Å²) in [7, 11) is -4.53. The number of nitrogens with zero attached hydrogens (tertiary/aromatic N) is 4. The van der Waals surface area contributed by atoms with E-state index in [1.807, 2.05) is 0 Å². The van der Waals surface area contributed by atoms with Gasteiger partial charge in [0.15, 0.2) is 6.19 Å². The fraction of sp³-hybridized carbons (Fsp3) is 0.577. The Morgan fingerprint density at radius 3 is 2.28 bits per heavy atom. The topological polar surface area (TPSA) is 111 Å². The second-order valence-corrected chi connectivity index (χ2v) is 12.6. The Labute approximate surface area is 213 Å². The number of hydrogen-bond acceptors (Lipinski definition) is 6. The van der Waals surface area contributed by atoms with Gasteiger partial charge in [0.05, 0.1) is 11.2 Å². The van der Waals surface area contributed by atoms with E-state index in [2.05, 4.69) is 6.07 Å². The minimum atomic E-state index is -4.53. The molecule has 3 aliphatic rings. The van der Waals surface area contributed by atoms with Crippen molar-refractivity contribution in [1.29, 1.82) is 5.26 Å². The van der Waals surface area contributed by atoms with E-state index in [0.29, 0.717) is 48.6 Å². The normalized spacial score (nSPS) is 21.2. The number of hydrogen-bond donors (Lipinski definition) is 0. The molecule has 2 amide bonds. The molecule has 0 N–H and O–H groups in total. The van der Waals surface area contributed by atoms with E-state index in [9.17, 15) is 23.3 Å². The van der Waals surface area contributed by atoms with Crippen molar-refractivity contribution in [2.45, 2.75) is 90.2 Å². The third-order valence-electron chi connectivity index (χ3n) is 7.22. The van der Waals surface area contributed by atoms with Crippen molar-refractivity contribution in [3.05, 3.63) is 40.6 Å². The van der Waals surface area contributed by atoms with Gasteiger partial charge < -0.3 is 4.74 Å². The van der Waals surface area contributed by atoms with Gasteiger partial charge in [0.2, 0.25) is 6.41 Å². The summed E-state index contributed by atoms with van der Waals surface area (Å²) in [6.45, 7) is 7.60. The van der Waals surface area contributed by atoms with E-state index in [1.54, 1.807) is 38.8 Å². The van der Waals surface area contributed by atoms with Crippen LogP contribution in [0, 0.1) is 11.5 Å². The van der Waals surface area contributed by atoms with Crippen LogP contribution in [0.25, 0.3) is 0 Å². The number of carbonyl (C=O) groups is 2. The Kier molecular flexibility index (Phi) is 6.82. The third kappa shape index (κ3) is 4.69. The largest absolute Gasteiger partial charge is 0.444 e. The Morgan fingerprint density at radius 2 is 1.75 bits per heavy atom. The Bertz CT molecular complexity index is 1210. The van der Waals surface area contributed by atoms with E-state index in [0.717, 1.165) is 58.4 Å². The Balaban J connectivity index is 1.67. The van der Waals surface area contributed by atoms with Crippen molar-refractivity contribution in [2.75, 3.05) is 10.8 Å². The first kappa shape index (κ1) is 26.0. The van der Waals surface area contributed by atoms with Crippen molar-refractivity contribution in [3.8, 4) is 6.19 Å². The standard InChI is InChI=1S/C26H34N4O5S/c1-25(2,3)35-24(32)29-14-7-12-26(29,4)13-15-28(17-27)36(33,34)30(18-31)23-21-10-5-8-19(21)16-20-9-6-11-22(20)23/h13,15-16,18H,5-12,14H2,1-4H3/b15-13+/t26-/m1/s1. The van der Waals surface area contributed by atoms with E-state index in [1.165, 1.54) is 6.08 Å². The minimum Gasteiger partial charge on any atom is -0.444 e. The van der Waals surface area contributed by atoms with Gasteiger partial charge in [-0.15, -0.1) is 0 Å². The molecule has 4 rings (SSSR count). The summed E-state index contributed by atoms with van der Waals surface area (Å²) in [5, 5.41) is 9.82. The first-order valence-corrected chi connectivity index (χ1v) is 13.9. The molecule has 1 heterocycles. The quantitative estimate of drug-likeness (QED) is 0.323. The molecule has 0 radical (unpaired) electrons. The van der Waals surface area contributed by atoms with Crippen molar-refractivity contribution >= 4 is 28.4 Å². The van der Waals surface area contributed by atoms with Gasteiger partial charge in [-0.05, 0) is 107 Å². The summed E-state index contributed by atoms with van der Waals surface area (Å²) in [4.78, 5) is 26.6. The van der Waals surface area contributed by atoms with Gasteiger partial charge in [-0.3, -0.25) is 9.69 Å². The number of benzene rings is 1. The van der Waals surface area contributed by atoms with Gasteiger partial charge in [-0.25, -0.2) is 4.79 Å². The average Bonchev–Trinajstić information content (AvgIpc) is 3.52. The highest BCUT2D eigenvalue weighted by molar-refractivity contribution is 7.91.